The minimum Gasteiger partial charge on any atom is -0.377 e. The van der Waals surface area contributed by atoms with Crippen LogP contribution in [0.25, 0.3) is 0 Å². The van der Waals surface area contributed by atoms with Crippen molar-refractivity contribution in [2.45, 2.75) is 0 Å². The number of nitrogens with one attached hydrogen (secondary N) is 1. The van der Waals surface area contributed by atoms with E-state index in [1.807, 2.05) is 6.07 Å². The number of para-hydroxylation sites is 1. The zero-order chi connectivity index (χ0) is 19.2. The van der Waals surface area contributed by atoms with Crippen molar-refractivity contribution in [1.82, 2.24) is 0 Å². The third-order valence-electron chi connectivity index (χ3n) is 4.03. The number of nitro benzene ring substituents is 1. The molecule has 27 heavy (non-hydrogen) atoms. The van der Waals surface area contributed by atoms with Crippen molar-refractivity contribution in [3.05, 3.63) is 106 Å². The molecule has 3 aromatic carbocycles. The number of hydrogen-bond donors (Lipinski definition) is 1. The molecule has 0 amide bonds. The van der Waals surface area contributed by atoms with Crippen molar-refractivity contribution in [3.63, 3.8) is 0 Å². The number of nitrogens with zero attached hydrogens (tertiary/aromatic N) is 1. The van der Waals surface area contributed by atoms with E-state index in [2.05, 4.69) is 5.32 Å². The quantitative estimate of drug-likeness (QED) is 0.389. The Morgan fingerprint density at radius 3 is 2.26 bits per heavy atom. The van der Waals surface area contributed by atoms with Gasteiger partial charge in [0.2, 0.25) is 0 Å². The Balaban J connectivity index is 1.77. The van der Waals surface area contributed by atoms with Gasteiger partial charge in [0.25, 0.3) is 5.69 Å². The van der Waals surface area contributed by atoms with E-state index in [1.54, 1.807) is 48.5 Å². The molecule has 0 aromatic heterocycles. The summed E-state index contributed by atoms with van der Waals surface area (Å²) in [6.45, 7) is -0.0831. The van der Waals surface area contributed by atoms with Crippen molar-refractivity contribution in [2.24, 2.45) is 0 Å². The molecule has 0 unspecified atom stereocenters. The lowest BCUT2D eigenvalue weighted by Crippen LogP contribution is -2.16. The number of Topliss-reactive ketones (excluding diaryl/α,β-unsaturated/α-hetero) is 1. The van der Waals surface area contributed by atoms with Crippen molar-refractivity contribution >= 4 is 22.9 Å². The minimum absolute atomic E-state index is 0.0831. The number of anilines is 1. The molecule has 0 saturated carbocycles. The highest BCUT2D eigenvalue weighted by molar-refractivity contribution is 6.12. The van der Waals surface area contributed by atoms with Gasteiger partial charge in [-0.05, 0) is 12.1 Å². The third-order valence-corrected chi connectivity index (χ3v) is 4.03. The first kappa shape index (κ1) is 18.0. The minimum atomic E-state index is -0.544. The second kappa shape index (κ2) is 8.05. The van der Waals surface area contributed by atoms with Gasteiger partial charge in [-0.1, -0.05) is 54.6 Å². The first-order chi connectivity index (χ1) is 13.1. The number of nitro groups is 1. The molecule has 0 atom stereocenters. The van der Waals surface area contributed by atoms with E-state index in [4.69, 9.17) is 0 Å². The van der Waals surface area contributed by atoms with E-state index in [-0.39, 0.29) is 29.4 Å². The fourth-order valence-corrected chi connectivity index (χ4v) is 2.65. The fraction of sp³-hybridized carbons (Fsp3) is 0.0476. The first-order valence-corrected chi connectivity index (χ1v) is 8.26. The molecule has 0 radical (unpaired) electrons. The molecule has 0 aliphatic rings. The average Bonchev–Trinajstić information content (AvgIpc) is 2.72. The van der Waals surface area contributed by atoms with E-state index < -0.39 is 4.92 Å². The standard InChI is InChI=1S/C21H16N2O4/c24-20(16-9-6-10-17(13-16)23(26)27)14-22-19-12-5-4-11-18(19)21(25)15-7-2-1-3-8-15/h1-13,22H,14H2. The van der Waals surface area contributed by atoms with Gasteiger partial charge in [0, 0.05) is 34.5 Å². The Labute approximate surface area is 155 Å². The SMILES string of the molecule is O=C(CNc1ccccc1C(=O)c1ccccc1)c1cccc([N+](=O)[O-])c1. The van der Waals surface area contributed by atoms with E-state index in [0.29, 0.717) is 16.8 Å². The summed E-state index contributed by atoms with van der Waals surface area (Å²) < 4.78 is 0. The van der Waals surface area contributed by atoms with Crippen LogP contribution in [0.4, 0.5) is 11.4 Å². The highest BCUT2D eigenvalue weighted by Crippen LogP contribution is 2.20. The molecule has 3 aromatic rings. The first-order valence-electron chi connectivity index (χ1n) is 8.26. The Hall–Kier alpha value is -3.80. The summed E-state index contributed by atoms with van der Waals surface area (Å²) in [6, 6.07) is 21.4. The van der Waals surface area contributed by atoms with Crippen LogP contribution in [0, 0.1) is 10.1 Å². The summed E-state index contributed by atoms with van der Waals surface area (Å²) in [5.74, 6) is -0.456. The Morgan fingerprint density at radius 2 is 1.52 bits per heavy atom. The molecule has 6 heteroatoms. The van der Waals surface area contributed by atoms with Gasteiger partial charge < -0.3 is 5.32 Å². The smallest absolute Gasteiger partial charge is 0.270 e. The number of benzene rings is 3. The van der Waals surface area contributed by atoms with Gasteiger partial charge >= 0.3 is 0 Å². The highest BCUT2D eigenvalue weighted by atomic mass is 16.6. The second-order valence-corrected chi connectivity index (χ2v) is 5.82. The van der Waals surface area contributed by atoms with E-state index >= 15 is 0 Å². The number of ketones is 2. The molecule has 3 rings (SSSR count). The number of rotatable bonds is 7. The number of carbonyl (C=O) groups excluding carboxylic acids is 2. The van der Waals surface area contributed by atoms with Gasteiger partial charge in [0.05, 0.1) is 11.5 Å². The van der Waals surface area contributed by atoms with Gasteiger partial charge in [-0.25, -0.2) is 0 Å². The zero-order valence-corrected chi connectivity index (χ0v) is 14.3. The van der Waals surface area contributed by atoms with Crippen LogP contribution < -0.4 is 5.32 Å². The van der Waals surface area contributed by atoms with Crippen LogP contribution in [-0.4, -0.2) is 23.0 Å². The van der Waals surface area contributed by atoms with Crippen molar-refractivity contribution < 1.29 is 14.5 Å². The number of carbonyl (C=O) groups is 2. The zero-order valence-electron chi connectivity index (χ0n) is 14.3. The normalized spacial score (nSPS) is 10.2. The fourth-order valence-electron chi connectivity index (χ4n) is 2.65. The predicted octanol–water partition coefficient (Wildman–Crippen LogP) is 4.12. The van der Waals surface area contributed by atoms with Gasteiger partial charge in [-0.15, -0.1) is 0 Å². The van der Waals surface area contributed by atoms with Gasteiger partial charge in [-0.3, -0.25) is 19.7 Å². The molecule has 1 N–H and O–H groups in total. The molecule has 0 aliphatic carbocycles. The number of non-ortho nitro benzene ring substituents is 1. The van der Waals surface area contributed by atoms with Crippen molar-refractivity contribution in [2.75, 3.05) is 11.9 Å². The van der Waals surface area contributed by atoms with Gasteiger partial charge in [0.15, 0.2) is 11.6 Å². The maximum absolute atomic E-state index is 12.7. The molecule has 0 spiro atoms. The largest absolute Gasteiger partial charge is 0.377 e. The summed E-state index contributed by atoms with van der Waals surface area (Å²) in [4.78, 5) is 35.4. The van der Waals surface area contributed by atoms with Crippen LogP contribution in [0.5, 0.6) is 0 Å². The monoisotopic (exact) mass is 360 g/mol. The van der Waals surface area contributed by atoms with Crippen LogP contribution in [0.3, 0.4) is 0 Å². The Morgan fingerprint density at radius 1 is 0.852 bits per heavy atom. The topological polar surface area (TPSA) is 89.3 Å². The summed E-state index contributed by atoms with van der Waals surface area (Å²) in [5, 5.41) is 13.8. The molecule has 0 fully saturated rings. The van der Waals surface area contributed by atoms with Crippen LogP contribution >= 0.6 is 0 Å². The molecule has 0 saturated heterocycles. The molecule has 0 bridgehead atoms. The average molecular weight is 360 g/mol. The number of hydrogen-bond acceptors (Lipinski definition) is 5. The van der Waals surface area contributed by atoms with Crippen LogP contribution in [0.1, 0.15) is 26.3 Å². The molecule has 0 heterocycles. The van der Waals surface area contributed by atoms with E-state index in [1.165, 1.54) is 24.3 Å². The van der Waals surface area contributed by atoms with E-state index in [9.17, 15) is 19.7 Å². The molecule has 0 aliphatic heterocycles. The van der Waals surface area contributed by atoms with Crippen molar-refractivity contribution in [1.29, 1.82) is 0 Å². The third kappa shape index (κ3) is 4.24. The maximum atomic E-state index is 12.7. The molecular weight excluding hydrogens is 344 g/mol. The lowest BCUT2D eigenvalue weighted by atomic mass is 10.0. The Bertz CT molecular complexity index is 1000. The van der Waals surface area contributed by atoms with Crippen LogP contribution in [0.15, 0.2) is 78.9 Å². The molecular formula is C21H16N2O4. The predicted molar refractivity (Wildman–Crippen MR) is 102 cm³/mol. The van der Waals surface area contributed by atoms with E-state index in [0.717, 1.165) is 0 Å². The molecule has 6 nitrogen and oxygen atoms in total. The maximum Gasteiger partial charge on any atom is 0.270 e. The highest BCUT2D eigenvalue weighted by Gasteiger charge is 2.15. The summed E-state index contributed by atoms with van der Waals surface area (Å²) >= 11 is 0. The summed E-state index contributed by atoms with van der Waals surface area (Å²) in [6.07, 6.45) is 0. The lowest BCUT2D eigenvalue weighted by Gasteiger charge is -2.11. The Kier molecular flexibility index (Phi) is 5.37. The van der Waals surface area contributed by atoms with Crippen LogP contribution in [0.2, 0.25) is 0 Å². The van der Waals surface area contributed by atoms with Crippen LogP contribution in [-0.2, 0) is 0 Å². The van der Waals surface area contributed by atoms with Crippen molar-refractivity contribution in [3.8, 4) is 0 Å². The van der Waals surface area contributed by atoms with Gasteiger partial charge in [0.1, 0.15) is 0 Å². The summed E-state index contributed by atoms with van der Waals surface area (Å²) in [5.41, 5.74) is 1.64. The molecule has 134 valence electrons. The lowest BCUT2D eigenvalue weighted by molar-refractivity contribution is -0.384. The second-order valence-electron chi connectivity index (χ2n) is 5.82. The summed E-state index contributed by atoms with van der Waals surface area (Å²) in [7, 11) is 0. The van der Waals surface area contributed by atoms with Gasteiger partial charge in [-0.2, -0.15) is 0 Å².